The van der Waals surface area contributed by atoms with Gasteiger partial charge in [-0.15, -0.1) is 0 Å². The quantitative estimate of drug-likeness (QED) is 0.693. The summed E-state index contributed by atoms with van der Waals surface area (Å²) in [5.41, 5.74) is 2.80. The van der Waals surface area contributed by atoms with Gasteiger partial charge in [0.1, 0.15) is 0 Å². The highest BCUT2D eigenvalue weighted by Crippen LogP contribution is 2.26. The molecule has 0 fully saturated rings. The van der Waals surface area contributed by atoms with Crippen LogP contribution in [0.3, 0.4) is 0 Å². The lowest BCUT2D eigenvalue weighted by Crippen LogP contribution is -2.03. The summed E-state index contributed by atoms with van der Waals surface area (Å²) in [6.07, 6.45) is 0.783. The van der Waals surface area contributed by atoms with E-state index in [0.29, 0.717) is 12.8 Å². The van der Waals surface area contributed by atoms with Gasteiger partial charge in [-0.2, -0.15) is 5.26 Å². The summed E-state index contributed by atoms with van der Waals surface area (Å²) < 4.78 is 0. The van der Waals surface area contributed by atoms with Crippen LogP contribution in [0.4, 0.5) is 5.69 Å². The number of hydrogen-bond acceptors (Lipinski definition) is 2. The molecular weight excluding hydrogens is 164 g/mol. The Labute approximate surface area is 76.0 Å². The fourth-order valence-electron chi connectivity index (χ4n) is 1.57. The number of anilines is 1. The van der Waals surface area contributed by atoms with Gasteiger partial charge in [-0.05, 0) is 17.2 Å². The molecule has 0 atom stereocenters. The maximum Gasteiger partial charge on any atom is 0.228 e. The van der Waals surface area contributed by atoms with Crippen LogP contribution in [0.2, 0.25) is 0 Å². The molecule has 0 unspecified atom stereocenters. The van der Waals surface area contributed by atoms with Crippen LogP contribution in [-0.2, 0) is 17.6 Å². The number of carbonyl (C=O) groups excluding carboxylic acids is 1. The third kappa shape index (κ3) is 1.27. The highest BCUT2D eigenvalue weighted by molar-refractivity contribution is 5.99. The fraction of sp³-hybridized carbons (Fsp3) is 0.200. The van der Waals surface area contributed by atoms with E-state index in [2.05, 4.69) is 11.4 Å². The zero-order valence-electron chi connectivity index (χ0n) is 7.00. The molecule has 0 aliphatic carbocycles. The first-order valence-corrected chi connectivity index (χ1v) is 4.09. The Bertz CT molecular complexity index is 404. The average Bonchev–Trinajstić information content (AvgIpc) is 2.47. The van der Waals surface area contributed by atoms with Crippen molar-refractivity contribution < 1.29 is 4.79 Å². The zero-order valence-corrected chi connectivity index (χ0v) is 7.00. The standard InChI is InChI=1S/C10H8N2O/c11-5-4-7-2-1-3-9-8(7)6-10(13)12-9/h1-3H,4,6H2,(H,12,13). The van der Waals surface area contributed by atoms with E-state index < -0.39 is 0 Å². The smallest absolute Gasteiger partial charge is 0.228 e. The van der Waals surface area contributed by atoms with Crippen molar-refractivity contribution in [3.63, 3.8) is 0 Å². The lowest BCUT2D eigenvalue weighted by molar-refractivity contribution is -0.115. The first-order chi connectivity index (χ1) is 6.31. The van der Waals surface area contributed by atoms with Gasteiger partial charge >= 0.3 is 0 Å². The number of nitrogens with one attached hydrogen (secondary N) is 1. The third-order valence-corrected chi connectivity index (χ3v) is 2.15. The van der Waals surface area contributed by atoms with Gasteiger partial charge in [-0.3, -0.25) is 4.79 Å². The summed E-state index contributed by atoms with van der Waals surface area (Å²) in [4.78, 5) is 11.1. The molecule has 1 aromatic rings. The molecule has 0 saturated carbocycles. The molecule has 1 amide bonds. The van der Waals surface area contributed by atoms with Crippen molar-refractivity contribution in [1.82, 2.24) is 0 Å². The van der Waals surface area contributed by atoms with Crippen LogP contribution in [0.15, 0.2) is 18.2 Å². The summed E-state index contributed by atoms with van der Waals surface area (Å²) in [6.45, 7) is 0. The first-order valence-electron chi connectivity index (χ1n) is 4.09. The fourth-order valence-corrected chi connectivity index (χ4v) is 1.57. The van der Waals surface area contributed by atoms with Crippen molar-refractivity contribution in [1.29, 1.82) is 5.26 Å². The van der Waals surface area contributed by atoms with Gasteiger partial charge in [0.2, 0.25) is 5.91 Å². The van der Waals surface area contributed by atoms with E-state index in [4.69, 9.17) is 5.26 Å². The molecule has 1 heterocycles. The SMILES string of the molecule is N#CCc1cccc2c1CC(=O)N2. The number of benzene rings is 1. The summed E-state index contributed by atoms with van der Waals surface area (Å²) in [5.74, 6) is 0.0142. The number of fused-ring (bicyclic) bond motifs is 1. The second-order valence-corrected chi connectivity index (χ2v) is 3.00. The van der Waals surface area contributed by atoms with E-state index in [1.807, 2.05) is 18.2 Å². The van der Waals surface area contributed by atoms with Gasteiger partial charge in [-0.1, -0.05) is 12.1 Å². The van der Waals surface area contributed by atoms with Crippen LogP contribution < -0.4 is 5.32 Å². The van der Waals surface area contributed by atoms with Crippen molar-refractivity contribution in [2.45, 2.75) is 12.8 Å². The van der Waals surface area contributed by atoms with Crippen molar-refractivity contribution >= 4 is 11.6 Å². The lowest BCUT2D eigenvalue weighted by Gasteiger charge is -2.01. The molecule has 13 heavy (non-hydrogen) atoms. The van der Waals surface area contributed by atoms with Crippen molar-refractivity contribution in [2.24, 2.45) is 0 Å². The predicted molar refractivity (Wildman–Crippen MR) is 48.1 cm³/mol. The molecule has 64 valence electrons. The van der Waals surface area contributed by atoms with Crippen molar-refractivity contribution in [3.8, 4) is 6.07 Å². The van der Waals surface area contributed by atoms with E-state index in [1.165, 1.54) is 0 Å². The summed E-state index contributed by atoms with van der Waals surface area (Å²) in [5, 5.41) is 11.3. The van der Waals surface area contributed by atoms with Gasteiger partial charge in [0.05, 0.1) is 18.9 Å². The second-order valence-electron chi connectivity index (χ2n) is 3.00. The molecule has 0 spiro atoms. The van der Waals surface area contributed by atoms with E-state index in [9.17, 15) is 4.79 Å². The molecule has 1 aromatic carbocycles. The molecule has 0 bridgehead atoms. The highest BCUT2D eigenvalue weighted by atomic mass is 16.1. The molecule has 3 heteroatoms. The summed E-state index contributed by atoms with van der Waals surface area (Å²) in [7, 11) is 0. The molecule has 0 radical (unpaired) electrons. The van der Waals surface area contributed by atoms with Gasteiger partial charge in [-0.25, -0.2) is 0 Å². The molecule has 0 aromatic heterocycles. The van der Waals surface area contributed by atoms with E-state index in [0.717, 1.165) is 16.8 Å². The normalized spacial score (nSPS) is 13.3. The Balaban J connectivity index is 2.46. The molecule has 1 aliphatic heterocycles. The predicted octanol–water partition coefficient (Wildman–Crippen LogP) is 1.25. The van der Waals surface area contributed by atoms with E-state index in [-0.39, 0.29) is 5.91 Å². The number of rotatable bonds is 1. The van der Waals surface area contributed by atoms with Crippen LogP contribution in [0, 0.1) is 11.3 Å². The third-order valence-electron chi connectivity index (χ3n) is 2.15. The van der Waals surface area contributed by atoms with Crippen LogP contribution in [-0.4, -0.2) is 5.91 Å². The number of carbonyl (C=O) groups is 1. The highest BCUT2D eigenvalue weighted by Gasteiger charge is 2.19. The Hall–Kier alpha value is -1.82. The number of nitriles is 1. The Kier molecular flexibility index (Phi) is 1.75. The van der Waals surface area contributed by atoms with E-state index in [1.54, 1.807) is 0 Å². The Morgan fingerprint density at radius 3 is 3.15 bits per heavy atom. The zero-order chi connectivity index (χ0) is 9.26. The van der Waals surface area contributed by atoms with Crippen molar-refractivity contribution in [2.75, 3.05) is 5.32 Å². The summed E-state index contributed by atoms with van der Waals surface area (Å²) >= 11 is 0. The topological polar surface area (TPSA) is 52.9 Å². The molecular formula is C10H8N2O. The van der Waals surface area contributed by atoms with Crippen LogP contribution >= 0.6 is 0 Å². The molecule has 0 saturated heterocycles. The van der Waals surface area contributed by atoms with Gasteiger partial charge in [0.25, 0.3) is 0 Å². The average molecular weight is 172 g/mol. The largest absolute Gasteiger partial charge is 0.326 e. The number of hydrogen-bond donors (Lipinski definition) is 1. The molecule has 2 rings (SSSR count). The summed E-state index contributed by atoms with van der Waals surface area (Å²) in [6, 6.07) is 7.70. The molecule has 3 nitrogen and oxygen atoms in total. The Morgan fingerprint density at radius 1 is 1.54 bits per heavy atom. The van der Waals surface area contributed by atoms with E-state index >= 15 is 0 Å². The van der Waals surface area contributed by atoms with Crippen LogP contribution in [0.1, 0.15) is 11.1 Å². The Morgan fingerprint density at radius 2 is 2.38 bits per heavy atom. The van der Waals surface area contributed by atoms with Gasteiger partial charge in [0, 0.05) is 5.69 Å². The van der Waals surface area contributed by atoms with Gasteiger partial charge < -0.3 is 5.32 Å². The minimum absolute atomic E-state index is 0.0142. The molecule has 1 aliphatic rings. The van der Waals surface area contributed by atoms with Crippen LogP contribution in [0.25, 0.3) is 0 Å². The van der Waals surface area contributed by atoms with Gasteiger partial charge in [0.15, 0.2) is 0 Å². The van der Waals surface area contributed by atoms with Crippen LogP contribution in [0.5, 0.6) is 0 Å². The number of amides is 1. The lowest BCUT2D eigenvalue weighted by atomic mass is 10.0. The maximum absolute atomic E-state index is 11.1. The molecule has 1 N–H and O–H groups in total. The first kappa shape index (κ1) is 7.81. The maximum atomic E-state index is 11.1. The minimum Gasteiger partial charge on any atom is -0.326 e. The number of nitrogens with zero attached hydrogens (tertiary/aromatic N) is 1. The van der Waals surface area contributed by atoms with Crippen molar-refractivity contribution in [3.05, 3.63) is 29.3 Å². The second kappa shape index (κ2) is 2.91. The minimum atomic E-state index is 0.0142. The monoisotopic (exact) mass is 172 g/mol.